The normalized spacial score (nSPS) is 14.6. The Bertz CT molecular complexity index is 910. The summed E-state index contributed by atoms with van der Waals surface area (Å²) in [6.07, 6.45) is 1.99. The molecule has 0 aromatic heterocycles. The number of ether oxygens (including phenoxy) is 2. The molecule has 0 saturated carbocycles. The number of phenols is 1. The monoisotopic (exact) mass is 400 g/mol. The molecule has 6 N–H and O–H groups in total. The van der Waals surface area contributed by atoms with Gasteiger partial charge < -0.3 is 30.3 Å². The number of anilines is 1. The molecular formula is C21H28N4O4. The van der Waals surface area contributed by atoms with E-state index in [0.29, 0.717) is 16.9 Å². The van der Waals surface area contributed by atoms with Gasteiger partial charge in [0.15, 0.2) is 12.6 Å². The highest BCUT2D eigenvalue weighted by Crippen LogP contribution is 2.41. The molecule has 0 spiro atoms. The first-order valence-electron chi connectivity index (χ1n) is 9.31. The zero-order valence-electron chi connectivity index (χ0n) is 17.1. The SMILES string of the molecule is CNC1=CC(NC)(NC)Nc2ccc(-c3ccc(OCOC)cc3O)c(CO)c21. The van der Waals surface area contributed by atoms with E-state index in [4.69, 9.17) is 9.47 Å². The van der Waals surface area contributed by atoms with Gasteiger partial charge >= 0.3 is 0 Å². The molecule has 0 bridgehead atoms. The molecule has 29 heavy (non-hydrogen) atoms. The van der Waals surface area contributed by atoms with Gasteiger partial charge in [-0.3, -0.25) is 10.6 Å². The Balaban J connectivity index is 2.11. The summed E-state index contributed by atoms with van der Waals surface area (Å²) in [7, 11) is 7.08. The van der Waals surface area contributed by atoms with Crippen molar-refractivity contribution in [2.24, 2.45) is 0 Å². The van der Waals surface area contributed by atoms with Gasteiger partial charge in [0.05, 0.1) is 6.61 Å². The molecule has 1 aliphatic heterocycles. The van der Waals surface area contributed by atoms with Crippen LogP contribution in [0.5, 0.6) is 11.5 Å². The Morgan fingerprint density at radius 3 is 2.38 bits per heavy atom. The van der Waals surface area contributed by atoms with Crippen LogP contribution in [0.15, 0.2) is 36.4 Å². The molecule has 0 fully saturated rings. The van der Waals surface area contributed by atoms with Gasteiger partial charge in [-0.2, -0.15) is 0 Å². The quantitative estimate of drug-likeness (QED) is 0.371. The molecule has 8 nitrogen and oxygen atoms in total. The summed E-state index contributed by atoms with van der Waals surface area (Å²) in [6.45, 7) is -0.0904. The predicted molar refractivity (Wildman–Crippen MR) is 113 cm³/mol. The summed E-state index contributed by atoms with van der Waals surface area (Å²) in [5.74, 6) is -0.0593. The van der Waals surface area contributed by atoms with Gasteiger partial charge in [0.2, 0.25) is 0 Å². The zero-order valence-corrected chi connectivity index (χ0v) is 17.1. The van der Waals surface area contributed by atoms with Crippen molar-refractivity contribution in [2.45, 2.75) is 12.4 Å². The summed E-state index contributed by atoms with van der Waals surface area (Å²) in [4.78, 5) is 0. The lowest BCUT2D eigenvalue weighted by Gasteiger charge is -2.38. The highest BCUT2D eigenvalue weighted by atomic mass is 16.7. The van der Waals surface area contributed by atoms with Crippen molar-refractivity contribution in [1.29, 1.82) is 0 Å². The molecule has 0 unspecified atom stereocenters. The average molecular weight is 400 g/mol. The molecule has 2 aromatic rings. The van der Waals surface area contributed by atoms with Gasteiger partial charge in [0, 0.05) is 42.7 Å². The first-order valence-corrected chi connectivity index (χ1v) is 9.31. The van der Waals surface area contributed by atoms with Crippen molar-refractivity contribution in [3.63, 3.8) is 0 Å². The lowest BCUT2D eigenvalue weighted by atomic mass is 9.90. The van der Waals surface area contributed by atoms with Gasteiger partial charge in [0.1, 0.15) is 11.5 Å². The summed E-state index contributed by atoms with van der Waals surface area (Å²) in [5.41, 5.74) is 4.62. The Kier molecular flexibility index (Phi) is 6.29. The summed E-state index contributed by atoms with van der Waals surface area (Å²) >= 11 is 0. The number of rotatable bonds is 8. The molecule has 0 saturated heterocycles. The molecule has 3 rings (SSSR count). The molecule has 0 amide bonds. The van der Waals surface area contributed by atoms with E-state index in [0.717, 1.165) is 22.5 Å². The Hall–Kier alpha value is -2.78. The maximum atomic E-state index is 10.6. The maximum absolute atomic E-state index is 10.6. The molecule has 0 atom stereocenters. The standard InChI is InChI=1S/C21H28N4O4/c1-22-18-10-21(23-2,24-3)25-17-8-7-14(16(11-26)20(17)18)15-6-5-13(9-19(15)27)29-12-28-4/h5-10,22-27H,11-12H2,1-4H3. The van der Waals surface area contributed by atoms with E-state index in [1.165, 1.54) is 13.2 Å². The number of fused-ring (bicyclic) bond motifs is 1. The van der Waals surface area contributed by atoms with Crippen LogP contribution in [0.3, 0.4) is 0 Å². The minimum atomic E-state index is -0.623. The third-order valence-electron chi connectivity index (χ3n) is 5.09. The summed E-state index contributed by atoms with van der Waals surface area (Å²) in [6, 6.07) is 8.89. The van der Waals surface area contributed by atoms with Crippen LogP contribution in [0.1, 0.15) is 11.1 Å². The fourth-order valence-corrected chi connectivity index (χ4v) is 3.56. The average Bonchev–Trinajstić information content (AvgIpc) is 2.76. The van der Waals surface area contributed by atoms with Crippen LogP contribution >= 0.6 is 0 Å². The summed E-state index contributed by atoms with van der Waals surface area (Å²) < 4.78 is 10.3. The number of hydrogen-bond acceptors (Lipinski definition) is 8. The number of nitrogens with one attached hydrogen (secondary N) is 4. The van der Waals surface area contributed by atoms with Crippen molar-refractivity contribution in [3.8, 4) is 22.6 Å². The smallest absolute Gasteiger partial charge is 0.188 e. The van der Waals surface area contributed by atoms with E-state index in [-0.39, 0.29) is 19.1 Å². The number of aliphatic hydroxyl groups is 1. The number of methoxy groups -OCH3 is 1. The third kappa shape index (κ3) is 3.88. The van der Waals surface area contributed by atoms with Crippen molar-refractivity contribution in [3.05, 3.63) is 47.5 Å². The van der Waals surface area contributed by atoms with Crippen molar-refractivity contribution in [1.82, 2.24) is 16.0 Å². The second-order valence-electron chi connectivity index (χ2n) is 6.64. The lowest BCUT2D eigenvalue weighted by molar-refractivity contribution is 0.0510. The number of aliphatic hydroxyl groups excluding tert-OH is 1. The van der Waals surface area contributed by atoms with Crippen LogP contribution in [-0.4, -0.2) is 51.0 Å². The van der Waals surface area contributed by atoms with Crippen LogP contribution in [-0.2, 0) is 11.3 Å². The molecule has 1 aliphatic rings. The van der Waals surface area contributed by atoms with Crippen LogP contribution in [0, 0.1) is 0 Å². The minimum Gasteiger partial charge on any atom is -0.507 e. The fourth-order valence-electron chi connectivity index (χ4n) is 3.56. The van der Waals surface area contributed by atoms with Crippen molar-refractivity contribution >= 4 is 11.4 Å². The largest absolute Gasteiger partial charge is 0.507 e. The topological polar surface area (TPSA) is 107 Å². The van der Waals surface area contributed by atoms with E-state index in [1.54, 1.807) is 12.1 Å². The Labute approximate surface area is 170 Å². The second kappa shape index (κ2) is 8.71. The van der Waals surface area contributed by atoms with E-state index in [2.05, 4.69) is 21.3 Å². The number of phenolic OH excluding ortho intramolecular Hbond substituents is 1. The third-order valence-corrected chi connectivity index (χ3v) is 5.09. The van der Waals surface area contributed by atoms with Crippen molar-refractivity contribution < 1.29 is 19.7 Å². The van der Waals surface area contributed by atoms with Crippen LogP contribution in [0.25, 0.3) is 16.8 Å². The van der Waals surface area contributed by atoms with Crippen molar-refractivity contribution in [2.75, 3.05) is 40.4 Å². The van der Waals surface area contributed by atoms with E-state index in [9.17, 15) is 10.2 Å². The first kappa shape index (κ1) is 20.9. The maximum Gasteiger partial charge on any atom is 0.188 e. The van der Waals surface area contributed by atoms with E-state index >= 15 is 0 Å². The number of hydrogen-bond donors (Lipinski definition) is 6. The van der Waals surface area contributed by atoms with Gasteiger partial charge in [-0.1, -0.05) is 6.07 Å². The molecular weight excluding hydrogens is 372 g/mol. The molecule has 0 radical (unpaired) electrons. The molecule has 156 valence electrons. The molecule has 0 aliphatic carbocycles. The highest BCUT2D eigenvalue weighted by molar-refractivity contribution is 5.88. The second-order valence-corrected chi connectivity index (χ2v) is 6.64. The number of likely N-dealkylation sites (N-methyl/N-ethyl adjacent to an activating group) is 2. The van der Waals surface area contributed by atoms with Gasteiger partial charge in [0.25, 0.3) is 0 Å². The molecule has 1 heterocycles. The van der Waals surface area contributed by atoms with E-state index in [1.807, 2.05) is 39.4 Å². The zero-order chi connectivity index (χ0) is 21.0. The van der Waals surface area contributed by atoms with Crippen LogP contribution in [0.2, 0.25) is 0 Å². The summed E-state index contributed by atoms with van der Waals surface area (Å²) in [5, 5.41) is 33.9. The first-order chi connectivity index (χ1) is 14.0. The van der Waals surface area contributed by atoms with E-state index < -0.39 is 5.79 Å². The minimum absolute atomic E-state index is 0.0619. The highest BCUT2D eigenvalue weighted by Gasteiger charge is 2.32. The fraction of sp³-hybridized carbons (Fsp3) is 0.333. The number of aromatic hydroxyl groups is 1. The molecule has 2 aromatic carbocycles. The Morgan fingerprint density at radius 1 is 1.07 bits per heavy atom. The Morgan fingerprint density at radius 2 is 1.79 bits per heavy atom. The van der Waals surface area contributed by atoms with Crippen LogP contribution in [0.4, 0.5) is 5.69 Å². The van der Waals surface area contributed by atoms with Gasteiger partial charge in [-0.15, -0.1) is 0 Å². The predicted octanol–water partition coefficient (Wildman–Crippen LogP) is 1.61. The van der Waals surface area contributed by atoms with Crippen LogP contribution < -0.4 is 26.0 Å². The lowest BCUT2D eigenvalue weighted by Crippen LogP contribution is -2.60. The van der Waals surface area contributed by atoms with Gasteiger partial charge in [-0.05, 0) is 49.5 Å². The van der Waals surface area contributed by atoms with Gasteiger partial charge in [-0.25, -0.2) is 0 Å². The molecule has 8 heteroatoms. The number of benzene rings is 2.